The smallest absolute Gasteiger partial charge is 0.180 e. The molecule has 2 aromatic heterocycles. The van der Waals surface area contributed by atoms with Crippen LogP contribution in [0.25, 0.3) is 11.0 Å². The molecular formula is C13H19NOS. The van der Waals surface area contributed by atoms with Crippen LogP contribution in [0, 0.1) is 13.8 Å². The molecule has 0 radical (unpaired) electrons. The molecule has 88 valence electrons. The maximum atomic E-state index is 5.42. The summed E-state index contributed by atoms with van der Waals surface area (Å²) in [5.41, 5.74) is 2.17. The lowest BCUT2D eigenvalue weighted by molar-refractivity contribution is 0.443. The minimum absolute atomic E-state index is 1.01. The van der Waals surface area contributed by atoms with Crippen LogP contribution in [0.2, 0.25) is 0 Å². The minimum atomic E-state index is 1.01. The zero-order valence-corrected chi connectivity index (χ0v) is 11.1. The van der Waals surface area contributed by atoms with E-state index in [1.165, 1.54) is 40.8 Å². The Bertz CT molecular complexity index is 469. The molecule has 0 bridgehead atoms. The summed E-state index contributed by atoms with van der Waals surface area (Å²) in [5, 5.41) is 5.48. The highest BCUT2D eigenvalue weighted by Gasteiger charge is 2.15. The van der Waals surface area contributed by atoms with Gasteiger partial charge >= 0.3 is 0 Å². The molecule has 3 heteroatoms. The number of unbranched alkanes of at least 4 members (excludes halogenated alkanes) is 3. The molecule has 2 nitrogen and oxygen atoms in total. The van der Waals surface area contributed by atoms with Gasteiger partial charge in [-0.15, -0.1) is 11.3 Å². The molecule has 0 aliphatic heterocycles. The van der Waals surface area contributed by atoms with Crippen LogP contribution in [0.1, 0.15) is 48.1 Å². The molecule has 0 spiro atoms. The fraction of sp³-hybridized carbons (Fsp3) is 0.615. The van der Waals surface area contributed by atoms with E-state index in [9.17, 15) is 0 Å². The van der Waals surface area contributed by atoms with E-state index in [1.54, 1.807) is 0 Å². The molecule has 2 heterocycles. The normalized spacial score (nSPS) is 11.4. The number of hydrogen-bond acceptors (Lipinski definition) is 3. The third-order valence-electron chi connectivity index (χ3n) is 3.01. The van der Waals surface area contributed by atoms with Gasteiger partial charge in [-0.25, -0.2) is 0 Å². The number of fused-ring (bicyclic) bond motifs is 1. The zero-order valence-electron chi connectivity index (χ0n) is 10.3. The molecule has 0 atom stereocenters. The summed E-state index contributed by atoms with van der Waals surface area (Å²) in [6, 6.07) is 0. The number of hydrogen-bond donors (Lipinski definition) is 0. The molecular weight excluding hydrogens is 218 g/mol. The summed E-state index contributed by atoms with van der Waals surface area (Å²) in [4.78, 5) is 2.60. The standard InChI is InChI=1S/C13H19NOS/c1-4-5-6-7-8-11-12-9(2)16-10(3)13(12)15-14-11/h4-8H2,1-3H3. The molecule has 0 amide bonds. The van der Waals surface area contributed by atoms with Crippen molar-refractivity contribution < 1.29 is 4.52 Å². The predicted octanol–water partition coefficient (Wildman–Crippen LogP) is 4.63. The quantitative estimate of drug-likeness (QED) is 0.709. The Morgan fingerprint density at radius 1 is 1.12 bits per heavy atom. The fourth-order valence-electron chi connectivity index (χ4n) is 2.14. The lowest BCUT2D eigenvalue weighted by Gasteiger charge is -1.96. The van der Waals surface area contributed by atoms with Crippen molar-refractivity contribution in [2.75, 3.05) is 0 Å². The Balaban J connectivity index is 2.12. The third-order valence-corrected chi connectivity index (χ3v) is 4.01. The molecule has 0 unspecified atom stereocenters. The molecule has 0 saturated carbocycles. The first kappa shape index (κ1) is 11.6. The average molecular weight is 237 g/mol. The summed E-state index contributed by atoms with van der Waals surface area (Å²) in [7, 11) is 0. The van der Waals surface area contributed by atoms with Crippen LogP contribution in [0.15, 0.2) is 4.52 Å². The molecule has 0 saturated heterocycles. The summed E-state index contributed by atoms with van der Waals surface area (Å²) in [5.74, 6) is 0. The lowest BCUT2D eigenvalue weighted by Crippen LogP contribution is -1.86. The number of thiophene rings is 1. The van der Waals surface area contributed by atoms with Gasteiger partial charge in [0.25, 0.3) is 0 Å². The molecule has 0 aromatic carbocycles. The van der Waals surface area contributed by atoms with Crippen LogP contribution in [0.5, 0.6) is 0 Å². The van der Waals surface area contributed by atoms with Gasteiger partial charge in [-0.3, -0.25) is 0 Å². The number of aromatic nitrogens is 1. The zero-order chi connectivity index (χ0) is 11.5. The Morgan fingerprint density at radius 2 is 1.94 bits per heavy atom. The Hall–Kier alpha value is -0.830. The maximum absolute atomic E-state index is 5.42. The lowest BCUT2D eigenvalue weighted by atomic mass is 10.1. The van der Waals surface area contributed by atoms with E-state index in [-0.39, 0.29) is 0 Å². The Labute approximate surface area is 101 Å². The van der Waals surface area contributed by atoms with Crippen molar-refractivity contribution in [3.05, 3.63) is 15.4 Å². The number of rotatable bonds is 5. The topological polar surface area (TPSA) is 26.0 Å². The van der Waals surface area contributed by atoms with Gasteiger partial charge in [0.2, 0.25) is 0 Å². The van der Waals surface area contributed by atoms with Crippen molar-refractivity contribution in [1.82, 2.24) is 5.16 Å². The van der Waals surface area contributed by atoms with E-state index in [2.05, 4.69) is 25.9 Å². The van der Waals surface area contributed by atoms with Crippen molar-refractivity contribution in [2.45, 2.75) is 52.9 Å². The first-order valence-corrected chi connectivity index (χ1v) is 6.90. The second-order valence-electron chi connectivity index (χ2n) is 4.36. The van der Waals surface area contributed by atoms with Crippen molar-refractivity contribution >= 4 is 22.3 Å². The van der Waals surface area contributed by atoms with E-state index in [1.807, 2.05) is 11.3 Å². The highest BCUT2D eigenvalue weighted by Crippen LogP contribution is 2.33. The van der Waals surface area contributed by atoms with Crippen molar-refractivity contribution in [3.63, 3.8) is 0 Å². The molecule has 16 heavy (non-hydrogen) atoms. The van der Waals surface area contributed by atoms with Crippen LogP contribution < -0.4 is 0 Å². The van der Waals surface area contributed by atoms with Gasteiger partial charge in [-0.2, -0.15) is 0 Å². The van der Waals surface area contributed by atoms with Gasteiger partial charge in [-0.05, 0) is 26.7 Å². The third kappa shape index (κ3) is 2.14. The predicted molar refractivity (Wildman–Crippen MR) is 69.2 cm³/mol. The second-order valence-corrected chi connectivity index (χ2v) is 5.79. The first-order valence-electron chi connectivity index (χ1n) is 6.08. The number of nitrogens with zero attached hydrogens (tertiary/aromatic N) is 1. The van der Waals surface area contributed by atoms with E-state index in [0.29, 0.717) is 0 Å². The number of aryl methyl sites for hydroxylation is 3. The Morgan fingerprint density at radius 3 is 2.69 bits per heavy atom. The first-order chi connectivity index (χ1) is 7.74. The largest absolute Gasteiger partial charge is 0.355 e. The average Bonchev–Trinajstić information content (AvgIpc) is 2.78. The highest BCUT2D eigenvalue weighted by atomic mass is 32.1. The van der Waals surface area contributed by atoms with Crippen molar-refractivity contribution in [3.8, 4) is 0 Å². The van der Waals surface area contributed by atoms with E-state index in [0.717, 1.165) is 17.7 Å². The summed E-state index contributed by atoms with van der Waals surface area (Å²) in [6.07, 6.45) is 6.19. The summed E-state index contributed by atoms with van der Waals surface area (Å²) < 4.78 is 5.42. The van der Waals surface area contributed by atoms with Crippen molar-refractivity contribution in [1.29, 1.82) is 0 Å². The van der Waals surface area contributed by atoms with Crippen LogP contribution in [-0.2, 0) is 6.42 Å². The maximum Gasteiger partial charge on any atom is 0.180 e. The van der Waals surface area contributed by atoms with Gasteiger partial charge in [0.05, 0.1) is 11.1 Å². The van der Waals surface area contributed by atoms with E-state index < -0.39 is 0 Å². The van der Waals surface area contributed by atoms with Crippen LogP contribution in [0.4, 0.5) is 0 Å². The fourth-order valence-corrected chi connectivity index (χ4v) is 3.15. The molecule has 2 aromatic rings. The van der Waals surface area contributed by atoms with Gasteiger partial charge in [0.15, 0.2) is 5.58 Å². The molecule has 0 N–H and O–H groups in total. The summed E-state index contributed by atoms with van der Waals surface area (Å²) >= 11 is 1.81. The molecule has 0 aliphatic rings. The van der Waals surface area contributed by atoms with Gasteiger partial charge in [0.1, 0.15) is 0 Å². The second kappa shape index (κ2) is 5.00. The summed E-state index contributed by atoms with van der Waals surface area (Å²) in [6.45, 7) is 6.50. The van der Waals surface area contributed by atoms with Gasteiger partial charge in [0, 0.05) is 9.75 Å². The van der Waals surface area contributed by atoms with Gasteiger partial charge in [-0.1, -0.05) is 31.3 Å². The molecule has 0 aliphatic carbocycles. The Kier molecular flexibility index (Phi) is 3.64. The van der Waals surface area contributed by atoms with Crippen LogP contribution in [-0.4, -0.2) is 5.16 Å². The van der Waals surface area contributed by atoms with Gasteiger partial charge < -0.3 is 4.52 Å². The monoisotopic (exact) mass is 237 g/mol. The van der Waals surface area contributed by atoms with Crippen LogP contribution in [0.3, 0.4) is 0 Å². The van der Waals surface area contributed by atoms with Crippen LogP contribution >= 0.6 is 11.3 Å². The molecule has 2 rings (SSSR count). The van der Waals surface area contributed by atoms with Crippen molar-refractivity contribution in [2.24, 2.45) is 0 Å². The molecule has 0 fully saturated rings. The van der Waals surface area contributed by atoms with E-state index >= 15 is 0 Å². The highest BCUT2D eigenvalue weighted by molar-refractivity contribution is 7.13. The van der Waals surface area contributed by atoms with E-state index in [4.69, 9.17) is 4.52 Å². The SMILES string of the molecule is CCCCCCc1noc2c(C)sc(C)c12. The minimum Gasteiger partial charge on any atom is -0.355 e.